The van der Waals surface area contributed by atoms with E-state index in [1.807, 2.05) is 32.0 Å². The number of carbonyl (C=O) groups is 1. The Labute approximate surface area is 170 Å². The van der Waals surface area contributed by atoms with E-state index in [0.717, 1.165) is 37.6 Å². The summed E-state index contributed by atoms with van der Waals surface area (Å²) in [5, 5.41) is 2.98. The fraction of sp³-hybridized carbons (Fsp3) is 0.381. The standard InChI is InChI=1S/C21H25ClFN3O2/c1-3-28-20-7-5-4-6-19(20)26-12-10-25(11-13-26)15(2)21(27)24-18-9-8-16(22)14-17(18)23/h4-9,14-15H,3,10-13H2,1-2H3,(H,24,27)/p+1/t15-/m0/s1. The lowest BCUT2D eigenvalue weighted by atomic mass is 10.2. The molecule has 1 fully saturated rings. The van der Waals surface area contributed by atoms with Gasteiger partial charge in [0.05, 0.1) is 44.2 Å². The number of para-hydroxylation sites is 2. The number of piperazine rings is 1. The predicted molar refractivity (Wildman–Crippen MR) is 110 cm³/mol. The van der Waals surface area contributed by atoms with Crippen molar-refractivity contribution in [3.63, 3.8) is 0 Å². The molecular weight excluding hydrogens is 381 g/mol. The number of hydrogen-bond acceptors (Lipinski definition) is 3. The molecular formula is C21H26ClFN3O2+. The van der Waals surface area contributed by atoms with Crippen LogP contribution in [0.5, 0.6) is 5.75 Å². The molecule has 2 N–H and O–H groups in total. The number of carbonyl (C=O) groups excluding carboxylic acids is 1. The molecule has 5 nitrogen and oxygen atoms in total. The van der Waals surface area contributed by atoms with Crippen molar-refractivity contribution in [2.24, 2.45) is 0 Å². The SMILES string of the molecule is CCOc1ccccc1N1CC[NH+]([C@@H](C)C(=O)Nc2ccc(Cl)cc2F)CC1. The van der Waals surface area contributed by atoms with Crippen molar-refractivity contribution < 1.29 is 18.8 Å². The molecule has 1 atom stereocenters. The van der Waals surface area contributed by atoms with Crippen molar-refractivity contribution in [3.05, 3.63) is 53.3 Å². The van der Waals surface area contributed by atoms with Crippen molar-refractivity contribution in [1.82, 2.24) is 0 Å². The van der Waals surface area contributed by atoms with Crippen LogP contribution in [-0.4, -0.2) is 44.7 Å². The number of quaternary nitrogens is 1. The first-order valence-corrected chi connectivity index (χ1v) is 9.94. The number of halogens is 2. The van der Waals surface area contributed by atoms with Crippen LogP contribution in [-0.2, 0) is 4.79 Å². The highest BCUT2D eigenvalue weighted by Gasteiger charge is 2.30. The van der Waals surface area contributed by atoms with Crippen LogP contribution < -0.4 is 19.9 Å². The van der Waals surface area contributed by atoms with E-state index < -0.39 is 5.82 Å². The molecule has 2 aromatic rings. The van der Waals surface area contributed by atoms with Gasteiger partial charge in [0.2, 0.25) is 0 Å². The lowest BCUT2D eigenvalue weighted by Gasteiger charge is -2.36. The first kappa shape index (κ1) is 20.4. The number of nitrogens with one attached hydrogen (secondary N) is 2. The van der Waals surface area contributed by atoms with Crippen LogP contribution in [0.4, 0.5) is 15.8 Å². The molecule has 150 valence electrons. The molecule has 1 aliphatic heterocycles. The van der Waals surface area contributed by atoms with Gasteiger partial charge < -0.3 is 19.9 Å². The van der Waals surface area contributed by atoms with Crippen LogP contribution >= 0.6 is 11.6 Å². The third kappa shape index (κ3) is 4.75. The van der Waals surface area contributed by atoms with Crippen LogP contribution in [0.15, 0.2) is 42.5 Å². The summed E-state index contributed by atoms with van der Waals surface area (Å²) in [4.78, 5) is 16.0. The molecule has 1 saturated heterocycles. The summed E-state index contributed by atoms with van der Waals surface area (Å²) >= 11 is 5.76. The number of benzene rings is 2. The van der Waals surface area contributed by atoms with E-state index in [9.17, 15) is 9.18 Å². The highest BCUT2D eigenvalue weighted by atomic mass is 35.5. The summed E-state index contributed by atoms with van der Waals surface area (Å²) in [6.07, 6.45) is 0. The number of amides is 1. The third-order valence-electron chi connectivity index (χ3n) is 5.11. The lowest BCUT2D eigenvalue weighted by Crippen LogP contribution is -3.19. The monoisotopic (exact) mass is 406 g/mol. The van der Waals surface area contributed by atoms with Gasteiger partial charge >= 0.3 is 0 Å². The normalized spacial score (nSPS) is 15.9. The van der Waals surface area contributed by atoms with Crippen LogP contribution in [0.2, 0.25) is 5.02 Å². The van der Waals surface area contributed by atoms with Gasteiger partial charge in [-0.25, -0.2) is 4.39 Å². The average molecular weight is 407 g/mol. The maximum absolute atomic E-state index is 13.9. The zero-order valence-electron chi connectivity index (χ0n) is 16.2. The van der Waals surface area contributed by atoms with Gasteiger partial charge in [-0.2, -0.15) is 0 Å². The van der Waals surface area contributed by atoms with E-state index in [1.54, 1.807) is 6.07 Å². The Kier molecular flexibility index (Phi) is 6.75. The summed E-state index contributed by atoms with van der Waals surface area (Å²) in [6.45, 7) is 7.76. The first-order chi connectivity index (χ1) is 13.5. The summed E-state index contributed by atoms with van der Waals surface area (Å²) < 4.78 is 19.7. The number of rotatable bonds is 6. The Hall–Kier alpha value is -2.31. The van der Waals surface area contributed by atoms with Gasteiger partial charge in [-0.3, -0.25) is 4.79 Å². The molecule has 0 aliphatic carbocycles. The predicted octanol–water partition coefficient (Wildman–Crippen LogP) is 2.61. The van der Waals surface area contributed by atoms with Crippen molar-refractivity contribution in [2.45, 2.75) is 19.9 Å². The molecule has 0 saturated carbocycles. The van der Waals surface area contributed by atoms with E-state index >= 15 is 0 Å². The maximum atomic E-state index is 13.9. The largest absolute Gasteiger partial charge is 0.492 e. The highest BCUT2D eigenvalue weighted by Crippen LogP contribution is 2.27. The van der Waals surface area contributed by atoms with Crippen LogP contribution in [0, 0.1) is 5.82 Å². The zero-order valence-corrected chi connectivity index (χ0v) is 16.9. The minimum absolute atomic E-state index is 0.157. The van der Waals surface area contributed by atoms with Crippen LogP contribution in [0.1, 0.15) is 13.8 Å². The van der Waals surface area contributed by atoms with Gasteiger partial charge in [0.1, 0.15) is 11.6 Å². The van der Waals surface area contributed by atoms with Gasteiger partial charge in [-0.1, -0.05) is 23.7 Å². The molecule has 28 heavy (non-hydrogen) atoms. The Bertz CT molecular complexity index is 825. The second-order valence-corrected chi connectivity index (χ2v) is 7.32. The Morgan fingerprint density at radius 2 is 2.00 bits per heavy atom. The van der Waals surface area contributed by atoms with E-state index in [1.165, 1.54) is 17.0 Å². The molecule has 0 spiro atoms. The van der Waals surface area contributed by atoms with E-state index in [4.69, 9.17) is 16.3 Å². The van der Waals surface area contributed by atoms with Gasteiger partial charge in [-0.15, -0.1) is 0 Å². The molecule has 1 heterocycles. The number of ether oxygens (including phenoxy) is 1. The molecule has 0 unspecified atom stereocenters. The Morgan fingerprint density at radius 1 is 1.29 bits per heavy atom. The van der Waals surface area contributed by atoms with Gasteiger partial charge in [0, 0.05) is 5.02 Å². The smallest absolute Gasteiger partial charge is 0.282 e. The highest BCUT2D eigenvalue weighted by molar-refractivity contribution is 6.30. The minimum Gasteiger partial charge on any atom is -0.492 e. The summed E-state index contributed by atoms with van der Waals surface area (Å²) in [7, 11) is 0. The van der Waals surface area contributed by atoms with Crippen molar-refractivity contribution >= 4 is 28.9 Å². The average Bonchev–Trinajstić information content (AvgIpc) is 2.70. The topological polar surface area (TPSA) is 46.0 Å². The van der Waals surface area contributed by atoms with Crippen molar-refractivity contribution in [3.8, 4) is 5.75 Å². The van der Waals surface area contributed by atoms with E-state index in [0.29, 0.717) is 11.6 Å². The number of hydrogen-bond donors (Lipinski definition) is 2. The molecule has 0 aromatic heterocycles. The molecule has 1 amide bonds. The van der Waals surface area contributed by atoms with Crippen molar-refractivity contribution in [1.29, 1.82) is 0 Å². The molecule has 7 heteroatoms. The summed E-state index contributed by atoms with van der Waals surface area (Å²) in [5.74, 6) is 0.164. The Morgan fingerprint density at radius 3 is 2.68 bits per heavy atom. The molecule has 1 aliphatic rings. The van der Waals surface area contributed by atoms with Gasteiger partial charge in [-0.05, 0) is 44.2 Å². The van der Waals surface area contributed by atoms with Crippen LogP contribution in [0.25, 0.3) is 0 Å². The first-order valence-electron chi connectivity index (χ1n) is 9.57. The zero-order chi connectivity index (χ0) is 20.1. The number of anilines is 2. The molecule has 3 rings (SSSR count). The van der Waals surface area contributed by atoms with E-state index in [-0.39, 0.29) is 17.6 Å². The summed E-state index contributed by atoms with van der Waals surface area (Å²) in [6, 6.07) is 12.0. The third-order valence-corrected chi connectivity index (χ3v) is 5.34. The minimum atomic E-state index is -0.527. The van der Waals surface area contributed by atoms with E-state index in [2.05, 4.69) is 16.3 Å². The second kappa shape index (κ2) is 9.26. The summed E-state index contributed by atoms with van der Waals surface area (Å²) in [5.41, 5.74) is 1.24. The fourth-order valence-electron chi connectivity index (χ4n) is 3.48. The maximum Gasteiger partial charge on any atom is 0.282 e. The molecule has 2 aromatic carbocycles. The molecule has 0 radical (unpaired) electrons. The van der Waals surface area contributed by atoms with Gasteiger partial charge in [0.15, 0.2) is 6.04 Å². The quantitative estimate of drug-likeness (QED) is 0.775. The Balaban J connectivity index is 1.59. The second-order valence-electron chi connectivity index (χ2n) is 6.88. The lowest BCUT2D eigenvalue weighted by molar-refractivity contribution is -0.914. The molecule has 0 bridgehead atoms. The van der Waals surface area contributed by atoms with Gasteiger partial charge in [0.25, 0.3) is 5.91 Å². The van der Waals surface area contributed by atoms with Crippen LogP contribution in [0.3, 0.4) is 0 Å². The van der Waals surface area contributed by atoms with Crippen molar-refractivity contribution in [2.75, 3.05) is 43.0 Å². The number of nitrogens with zero attached hydrogens (tertiary/aromatic N) is 1. The fourth-order valence-corrected chi connectivity index (χ4v) is 3.64.